The van der Waals surface area contributed by atoms with Crippen molar-refractivity contribution in [3.63, 3.8) is 0 Å². The molecule has 0 unspecified atom stereocenters. The first-order valence-electron chi connectivity index (χ1n) is 7.05. The maximum Gasteiger partial charge on any atom is 0.273 e. The molecule has 0 aliphatic rings. The van der Waals surface area contributed by atoms with Gasteiger partial charge in [0.2, 0.25) is 0 Å². The maximum atomic E-state index is 12.3. The summed E-state index contributed by atoms with van der Waals surface area (Å²) >= 11 is 0. The molecule has 114 valence electrons. The number of rotatable bonds is 5. The first-order valence-corrected chi connectivity index (χ1v) is 7.05. The SMILES string of the molecule is CCCNC(=O)c1c(C)nc(-c2cccc(C#N)c2)n1OC. The first kappa shape index (κ1) is 15.6. The third kappa shape index (κ3) is 2.93. The van der Waals surface area contributed by atoms with E-state index in [0.29, 0.717) is 29.3 Å². The number of carbonyl (C=O) groups is 1. The summed E-state index contributed by atoms with van der Waals surface area (Å²) in [5.74, 6) is 0.273. The van der Waals surface area contributed by atoms with E-state index < -0.39 is 0 Å². The molecule has 1 aromatic heterocycles. The Kier molecular flexibility index (Phi) is 4.79. The van der Waals surface area contributed by atoms with E-state index in [9.17, 15) is 4.79 Å². The van der Waals surface area contributed by atoms with Gasteiger partial charge in [0.1, 0.15) is 7.11 Å². The van der Waals surface area contributed by atoms with Gasteiger partial charge in [0, 0.05) is 12.1 Å². The van der Waals surface area contributed by atoms with Crippen LogP contribution in [0.1, 0.15) is 35.1 Å². The summed E-state index contributed by atoms with van der Waals surface area (Å²) in [6, 6.07) is 9.11. The van der Waals surface area contributed by atoms with E-state index in [0.717, 1.165) is 12.0 Å². The highest BCUT2D eigenvalue weighted by Gasteiger charge is 2.22. The number of amides is 1. The summed E-state index contributed by atoms with van der Waals surface area (Å²) in [6.45, 7) is 4.33. The van der Waals surface area contributed by atoms with Gasteiger partial charge in [-0.15, -0.1) is 0 Å². The van der Waals surface area contributed by atoms with Crippen molar-refractivity contribution in [2.45, 2.75) is 20.3 Å². The highest BCUT2D eigenvalue weighted by atomic mass is 16.6. The second-order valence-corrected chi connectivity index (χ2v) is 4.79. The van der Waals surface area contributed by atoms with Gasteiger partial charge in [-0.25, -0.2) is 4.98 Å². The summed E-state index contributed by atoms with van der Waals surface area (Å²) < 4.78 is 1.40. The molecule has 6 nitrogen and oxygen atoms in total. The van der Waals surface area contributed by atoms with Crippen LogP contribution in [0.2, 0.25) is 0 Å². The monoisotopic (exact) mass is 298 g/mol. The molecule has 0 aliphatic heterocycles. The Labute approximate surface area is 129 Å². The summed E-state index contributed by atoms with van der Waals surface area (Å²) in [7, 11) is 1.48. The number of nitriles is 1. The zero-order valence-corrected chi connectivity index (χ0v) is 12.9. The lowest BCUT2D eigenvalue weighted by atomic mass is 10.1. The lowest BCUT2D eigenvalue weighted by molar-refractivity contribution is 0.0897. The molecule has 0 bridgehead atoms. The van der Waals surface area contributed by atoms with Crippen LogP contribution in [-0.4, -0.2) is 29.3 Å². The predicted molar refractivity (Wildman–Crippen MR) is 82.2 cm³/mol. The van der Waals surface area contributed by atoms with E-state index >= 15 is 0 Å². The summed E-state index contributed by atoms with van der Waals surface area (Å²) in [4.78, 5) is 22.0. The van der Waals surface area contributed by atoms with Crippen molar-refractivity contribution in [3.05, 3.63) is 41.2 Å². The summed E-state index contributed by atoms with van der Waals surface area (Å²) in [5.41, 5.74) is 2.19. The van der Waals surface area contributed by atoms with Gasteiger partial charge in [-0.3, -0.25) is 4.79 Å². The molecule has 1 N–H and O–H groups in total. The van der Waals surface area contributed by atoms with Crippen LogP contribution in [0.4, 0.5) is 0 Å². The lowest BCUT2D eigenvalue weighted by Crippen LogP contribution is -2.28. The van der Waals surface area contributed by atoms with E-state index in [2.05, 4.69) is 16.4 Å². The van der Waals surface area contributed by atoms with Crippen LogP contribution < -0.4 is 10.2 Å². The van der Waals surface area contributed by atoms with Gasteiger partial charge >= 0.3 is 0 Å². The minimum Gasteiger partial charge on any atom is -0.415 e. The van der Waals surface area contributed by atoms with Gasteiger partial charge in [0.25, 0.3) is 5.91 Å². The average molecular weight is 298 g/mol. The largest absolute Gasteiger partial charge is 0.415 e. The standard InChI is InChI=1S/C16H18N4O2/c1-4-8-18-16(21)14-11(2)19-15(20(14)22-3)13-7-5-6-12(9-13)10-17/h5-7,9H,4,8H2,1-3H3,(H,18,21). The van der Waals surface area contributed by atoms with E-state index in [-0.39, 0.29) is 5.91 Å². The highest BCUT2D eigenvalue weighted by molar-refractivity contribution is 5.94. The van der Waals surface area contributed by atoms with Crippen LogP contribution >= 0.6 is 0 Å². The fourth-order valence-electron chi connectivity index (χ4n) is 2.18. The number of hydrogen-bond acceptors (Lipinski definition) is 4. The van der Waals surface area contributed by atoms with Gasteiger partial charge in [-0.1, -0.05) is 19.1 Å². The molecule has 0 fully saturated rings. The average Bonchev–Trinajstić information content (AvgIpc) is 2.89. The normalized spacial score (nSPS) is 10.1. The van der Waals surface area contributed by atoms with Crippen molar-refractivity contribution in [2.75, 3.05) is 13.7 Å². The van der Waals surface area contributed by atoms with Crippen molar-refractivity contribution < 1.29 is 9.63 Å². The van der Waals surface area contributed by atoms with Crippen LogP contribution in [0.5, 0.6) is 0 Å². The lowest BCUT2D eigenvalue weighted by Gasteiger charge is -2.10. The second-order valence-electron chi connectivity index (χ2n) is 4.79. The fraction of sp³-hybridized carbons (Fsp3) is 0.312. The molecule has 1 heterocycles. The second kappa shape index (κ2) is 6.76. The zero-order chi connectivity index (χ0) is 16.1. The molecule has 0 saturated carbocycles. The van der Waals surface area contributed by atoms with Crippen LogP contribution in [0, 0.1) is 18.3 Å². The third-order valence-electron chi connectivity index (χ3n) is 3.19. The fourth-order valence-corrected chi connectivity index (χ4v) is 2.18. The summed E-state index contributed by atoms with van der Waals surface area (Å²) in [5, 5.41) is 11.8. The first-order chi connectivity index (χ1) is 10.6. The molecule has 0 atom stereocenters. The molecule has 1 aromatic carbocycles. The molecule has 0 aliphatic carbocycles. The topological polar surface area (TPSA) is 79.9 Å². The molecule has 6 heteroatoms. The minimum absolute atomic E-state index is 0.226. The molecule has 2 aromatic rings. The minimum atomic E-state index is -0.226. The zero-order valence-electron chi connectivity index (χ0n) is 12.9. The maximum absolute atomic E-state index is 12.3. The van der Waals surface area contributed by atoms with Crippen LogP contribution in [-0.2, 0) is 0 Å². The van der Waals surface area contributed by atoms with Crippen molar-refractivity contribution in [1.82, 2.24) is 15.0 Å². The van der Waals surface area contributed by atoms with Crippen molar-refractivity contribution in [1.29, 1.82) is 5.26 Å². The molecule has 0 spiro atoms. The number of nitrogens with zero attached hydrogens (tertiary/aromatic N) is 3. The molecule has 2 rings (SSSR count). The van der Waals surface area contributed by atoms with Crippen LogP contribution in [0.3, 0.4) is 0 Å². The van der Waals surface area contributed by atoms with Crippen molar-refractivity contribution in [2.24, 2.45) is 0 Å². The Balaban J connectivity index is 2.50. The molecule has 0 radical (unpaired) electrons. The van der Waals surface area contributed by atoms with Crippen molar-refractivity contribution in [3.8, 4) is 17.5 Å². The Morgan fingerprint density at radius 1 is 1.50 bits per heavy atom. The number of carbonyl (C=O) groups excluding carboxylic acids is 1. The van der Waals surface area contributed by atoms with E-state index in [1.807, 2.05) is 13.0 Å². The van der Waals surface area contributed by atoms with Gasteiger partial charge in [0.15, 0.2) is 11.5 Å². The highest BCUT2D eigenvalue weighted by Crippen LogP contribution is 2.22. The van der Waals surface area contributed by atoms with Gasteiger partial charge in [0.05, 0.1) is 17.3 Å². The number of hydrogen-bond donors (Lipinski definition) is 1. The molecule has 22 heavy (non-hydrogen) atoms. The van der Waals surface area contributed by atoms with Gasteiger partial charge in [-0.2, -0.15) is 9.99 Å². The smallest absolute Gasteiger partial charge is 0.273 e. The molecule has 0 saturated heterocycles. The Morgan fingerprint density at radius 2 is 2.27 bits per heavy atom. The molecular weight excluding hydrogens is 280 g/mol. The predicted octanol–water partition coefficient (Wildman–Crippen LogP) is 1.93. The Bertz CT molecular complexity index is 728. The van der Waals surface area contributed by atoms with Crippen LogP contribution in [0.15, 0.2) is 24.3 Å². The van der Waals surface area contributed by atoms with Gasteiger partial charge in [-0.05, 0) is 25.5 Å². The molecule has 1 amide bonds. The number of imidazole rings is 1. The number of aryl methyl sites for hydroxylation is 1. The Hall–Kier alpha value is -2.81. The molecular formula is C16H18N4O2. The number of benzene rings is 1. The quantitative estimate of drug-likeness (QED) is 0.914. The van der Waals surface area contributed by atoms with E-state index in [1.165, 1.54) is 11.8 Å². The number of nitrogens with one attached hydrogen (secondary N) is 1. The van der Waals surface area contributed by atoms with Crippen LogP contribution in [0.25, 0.3) is 11.4 Å². The van der Waals surface area contributed by atoms with E-state index in [1.54, 1.807) is 25.1 Å². The van der Waals surface area contributed by atoms with E-state index in [4.69, 9.17) is 10.1 Å². The third-order valence-corrected chi connectivity index (χ3v) is 3.19. The number of aromatic nitrogens is 2. The van der Waals surface area contributed by atoms with Gasteiger partial charge < -0.3 is 10.2 Å². The summed E-state index contributed by atoms with van der Waals surface area (Å²) in [6.07, 6.45) is 0.850. The Morgan fingerprint density at radius 3 is 2.91 bits per heavy atom. The van der Waals surface area contributed by atoms with Crippen molar-refractivity contribution >= 4 is 5.91 Å².